The molecule has 0 radical (unpaired) electrons. The molecule has 0 saturated heterocycles. The van der Waals surface area contributed by atoms with Crippen molar-refractivity contribution in [3.8, 4) is 0 Å². The van der Waals surface area contributed by atoms with E-state index in [-0.39, 0.29) is 12.2 Å². The summed E-state index contributed by atoms with van der Waals surface area (Å²) in [6.07, 6.45) is 6.13. The quantitative estimate of drug-likeness (QED) is 0.498. The number of hydrogen-bond acceptors (Lipinski definition) is 3. The number of fused-ring (bicyclic) bond motifs is 1. The van der Waals surface area contributed by atoms with Crippen LogP contribution in [0.25, 0.3) is 0 Å². The molecule has 3 nitrogen and oxygen atoms in total. The van der Waals surface area contributed by atoms with Gasteiger partial charge in [-0.1, -0.05) is 6.08 Å². The van der Waals surface area contributed by atoms with E-state index in [1.54, 1.807) is 0 Å². The van der Waals surface area contributed by atoms with Crippen molar-refractivity contribution in [1.29, 1.82) is 0 Å². The lowest BCUT2D eigenvalue weighted by atomic mass is 10.1. The molecule has 0 amide bonds. The molecule has 0 aliphatic carbocycles. The van der Waals surface area contributed by atoms with Gasteiger partial charge in [0.2, 0.25) is 0 Å². The second-order valence-corrected chi connectivity index (χ2v) is 3.02. The van der Waals surface area contributed by atoms with Crippen LogP contribution < -0.4 is 0 Å². The van der Waals surface area contributed by atoms with Crippen molar-refractivity contribution in [2.45, 2.75) is 19.1 Å². The van der Waals surface area contributed by atoms with E-state index in [0.717, 1.165) is 0 Å². The monoisotopic (exact) mass is 149 g/mol. The highest BCUT2D eigenvalue weighted by Gasteiger charge is 2.27. The van der Waals surface area contributed by atoms with Gasteiger partial charge in [0.05, 0.1) is 6.34 Å². The molecule has 0 aromatic rings. The Morgan fingerprint density at radius 3 is 3.09 bits per heavy atom. The second-order valence-electron chi connectivity index (χ2n) is 3.02. The van der Waals surface area contributed by atoms with Crippen molar-refractivity contribution in [1.82, 2.24) is 4.90 Å². The average Bonchev–Trinajstić information content (AvgIpc) is 2.32. The molecule has 2 atom stereocenters. The minimum atomic E-state index is 0.221. The summed E-state index contributed by atoms with van der Waals surface area (Å²) in [5, 5.41) is 0. The predicted molar refractivity (Wildman–Crippen MR) is 46.1 cm³/mol. The highest BCUT2D eigenvalue weighted by molar-refractivity contribution is 5.80. The number of nitrogens with zero attached hydrogens (tertiary/aromatic N) is 3. The maximum Gasteiger partial charge on any atom is 0.147 e. The molecule has 0 aromatic carbocycles. The van der Waals surface area contributed by atoms with Gasteiger partial charge in [0.15, 0.2) is 0 Å². The van der Waals surface area contributed by atoms with E-state index in [1.165, 1.54) is 5.57 Å². The maximum atomic E-state index is 4.36. The highest BCUT2D eigenvalue weighted by atomic mass is 15.3. The first-order chi connectivity index (χ1) is 5.27. The van der Waals surface area contributed by atoms with Gasteiger partial charge in [-0.25, -0.2) is 0 Å². The van der Waals surface area contributed by atoms with E-state index in [4.69, 9.17) is 0 Å². The van der Waals surface area contributed by atoms with Gasteiger partial charge in [0.25, 0.3) is 0 Å². The fourth-order valence-corrected chi connectivity index (χ4v) is 1.40. The second kappa shape index (κ2) is 2.19. The first-order valence-corrected chi connectivity index (χ1v) is 3.74. The fraction of sp³-hybridized carbons (Fsp3) is 0.500. The van der Waals surface area contributed by atoms with Gasteiger partial charge in [-0.2, -0.15) is 0 Å². The Morgan fingerprint density at radius 2 is 2.27 bits per heavy atom. The van der Waals surface area contributed by atoms with Gasteiger partial charge >= 0.3 is 0 Å². The SMILES string of the molecule is CC1=CC2N=CN(C)C2N=C1. The van der Waals surface area contributed by atoms with Crippen LogP contribution in [0.3, 0.4) is 0 Å². The molecule has 2 aliphatic heterocycles. The largest absolute Gasteiger partial charge is 0.342 e. The normalized spacial score (nSPS) is 34.0. The third kappa shape index (κ3) is 0.964. The van der Waals surface area contributed by atoms with E-state index in [9.17, 15) is 0 Å². The van der Waals surface area contributed by atoms with Gasteiger partial charge in [-0.15, -0.1) is 0 Å². The standard InChI is InChI=1S/C8H11N3/c1-6-3-7-8(9-4-6)11(2)5-10-7/h3-5,7-8H,1-2H3. The average molecular weight is 149 g/mol. The van der Waals surface area contributed by atoms with Crippen LogP contribution in [0, 0.1) is 0 Å². The Hall–Kier alpha value is -1.12. The van der Waals surface area contributed by atoms with Crippen LogP contribution in [0.1, 0.15) is 6.92 Å². The molecule has 2 aliphatic rings. The van der Waals surface area contributed by atoms with Gasteiger partial charge < -0.3 is 4.90 Å². The summed E-state index contributed by atoms with van der Waals surface area (Å²) in [7, 11) is 2.00. The Labute approximate surface area is 66.1 Å². The van der Waals surface area contributed by atoms with E-state index in [0.29, 0.717) is 0 Å². The molecule has 3 heteroatoms. The molecular formula is C8H11N3. The minimum absolute atomic E-state index is 0.221. The molecule has 0 N–H and O–H groups in total. The molecule has 2 rings (SSSR count). The van der Waals surface area contributed by atoms with Crippen LogP contribution in [0.2, 0.25) is 0 Å². The molecule has 0 bridgehead atoms. The summed E-state index contributed by atoms with van der Waals surface area (Å²) in [5.41, 5.74) is 1.21. The van der Waals surface area contributed by atoms with Crippen molar-refractivity contribution in [3.05, 3.63) is 11.6 Å². The summed E-state index contributed by atoms with van der Waals surface area (Å²) in [6.45, 7) is 2.05. The first-order valence-electron chi connectivity index (χ1n) is 3.74. The van der Waals surface area contributed by atoms with Gasteiger partial charge in [0.1, 0.15) is 12.2 Å². The fourth-order valence-electron chi connectivity index (χ4n) is 1.40. The number of hydrogen-bond donors (Lipinski definition) is 0. The van der Waals surface area contributed by atoms with Crippen molar-refractivity contribution >= 4 is 12.6 Å². The molecule has 2 heterocycles. The topological polar surface area (TPSA) is 28.0 Å². The zero-order chi connectivity index (χ0) is 7.84. The van der Waals surface area contributed by atoms with E-state index < -0.39 is 0 Å². The van der Waals surface area contributed by atoms with Gasteiger partial charge in [-0.05, 0) is 12.5 Å². The van der Waals surface area contributed by atoms with Crippen LogP contribution in [-0.2, 0) is 0 Å². The van der Waals surface area contributed by atoms with Crippen LogP contribution in [0.5, 0.6) is 0 Å². The lowest BCUT2D eigenvalue weighted by Gasteiger charge is -2.21. The predicted octanol–water partition coefficient (Wildman–Crippen LogP) is 0.685. The number of likely N-dealkylation sites (N-methyl/N-ethyl adjacent to an activating group) is 1. The summed E-state index contributed by atoms with van der Waals surface area (Å²) < 4.78 is 0. The van der Waals surface area contributed by atoms with Gasteiger partial charge in [-0.3, -0.25) is 9.98 Å². The third-order valence-electron chi connectivity index (χ3n) is 2.01. The Balaban J connectivity index is 2.26. The van der Waals surface area contributed by atoms with Crippen LogP contribution in [-0.4, -0.2) is 36.7 Å². The van der Waals surface area contributed by atoms with E-state index >= 15 is 0 Å². The molecule has 11 heavy (non-hydrogen) atoms. The van der Waals surface area contributed by atoms with Crippen molar-refractivity contribution in [2.75, 3.05) is 7.05 Å². The zero-order valence-corrected chi connectivity index (χ0v) is 6.73. The maximum absolute atomic E-state index is 4.36. The van der Waals surface area contributed by atoms with Crippen molar-refractivity contribution in [3.63, 3.8) is 0 Å². The summed E-state index contributed by atoms with van der Waals surface area (Å²) >= 11 is 0. The molecule has 0 spiro atoms. The Bertz CT molecular complexity index is 252. The molecular weight excluding hydrogens is 138 g/mol. The number of allylic oxidation sites excluding steroid dienone is 1. The number of aliphatic imine (C=N–C) groups is 2. The molecule has 0 fully saturated rings. The zero-order valence-electron chi connectivity index (χ0n) is 6.73. The van der Waals surface area contributed by atoms with E-state index in [1.807, 2.05) is 31.4 Å². The molecule has 2 unspecified atom stereocenters. The smallest absolute Gasteiger partial charge is 0.147 e. The number of dihydropyridines is 1. The summed E-state index contributed by atoms with van der Waals surface area (Å²) in [6, 6.07) is 0.255. The summed E-state index contributed by atoms with van der Waals surface area (Å²) in [4.78, 5) is 10.7. The van der Waals surface area contributed by atoms with Crippen LogP contribution in [0.15, 0.2) is 21.6 Å². The number of rotatable bonds is 0. The lowest BCUT2D eigenvalue weighted by Crippen LogP contribution is -2.32. The Kier molecular flexibility index (Phi) is 1.31. The highest BCUT2D eigenvalue weighted by Crippen LogP contribution is 2.18. The molecule has 0 saturated carbocycles. The van der Waals surface area contributed by atoms with Gasteiger partial charge in [0, 0.05) is 13.3 Å². The van der Waals surface area contributed by atoms with Crippen LogP contribution in [0.4, 0.5) is 0 Å². The minimum Gasteiger partial charge on any atom is -0.342 e. The van der Waals surface area contributed by atoms with Crippen molar-refractivity contribution < 1.29 is 0 Å². The first kappa shape index (κ1) is 6.58. The van der Waals surface area contributed by atoms with Crippen LogP contribution >= 0.6 is 0 Å². The lowest BCUT2D eigenvalue weighted by molar-refractivity contribution is 0.392. The Morgan fingerprint density at radius 1 is 1.45 bits per heavy atom. The molecule has 0 aromatic heterocycles. The van der Waals surface area contributed by atoms with Crippen molar-refractivity contribution in [2.24, 2.45) is 9.98 Å². The summed E-state index contributed by atoms with van der Waals surface area (Å²) in [5.74, 6) is 0. The van der Waals surface area contributed by atoms with E-state index in [2.05, 4.69) is 16.1 Å². The third-order valence-corrected chi connectivity index (χ3v) is 2.01. The molecule has 58 valence electrons.